The summed E-state index contributed by atoms with van der Waals surface area (Å²) in [6.45, 7) is 9.07. The molecule has 0 bridgehead atoms. The quantitative estimate of drug-likeness (QED) is 0.534. The highest BCUT2D eigenvalue weighted by Crippen LogP contribution is 2.04. The Balaban J connectivity index is 4.31. The highest BCUT2D eigenvalue weighted by Gasteiger charge is 2.24. The lowest BCUT2D eigenvalue weighted by molar-refractivity contribution is -0.148. The lowest BCUT2D eigenvalue weighted by atomic mass is 10.0. The Labute approximate surface area is 90.7 Å². The Hall–Kier alpha value is -1.32. The minimum atomic E-state index is -0.572. The van der Waals surface area contributed by atoms with Gasteiger partial charge in [0.1, 0.15) is 12.6 Å². The van der Waals surface area contributed by atoms with E-state index in [1.165, 1.54) is 6.08 Å². The van der Waals surface area contributed by atoms with Crippen molar-refractivity contribution in [2.75, 3.05) is 6.61 Å². The maximum absolute atomic E-state index is 11.5. The number of nitrogens with one attached hydrogen (secondary N) is 1. The zero-order chi connectivity index (χ0) is 11.8. The molecule has 4 nitrogen and oxygen atoms in total. The van der Waals surface area contributed by atoms with Crippen molar-refractivity contribution in [1.82, 2.24) is 5.32 Å². The van der Waals surface area contributed by atoms with Crippen LogP contribution in [0.5, 0.6) is 0 Å². The van der Waals surface area contributed by atoms with Gasteiger partial charge in [0.2, 0.25) is 5.91 Å². The van der Waals surface area contributed by atoms with E-state index in [0.29, 0.717) is 6.42 Å². The minimum Gasteiger partial charge on any atom is -0.460 e. The number of rotatable bonds is 6. The van der Waals surface area contributed by atoms with Crippen molar-refractivity contribution in [3.05, 3.63) is 12.7 Å². The van der Waals surface area contributed by atoms with Crippen LogP contribution in [0.15, 0.2) is 12.7 Å². The molecule has 15 heavy (non-hydrogen) atoms. The smallest absolute Gasteiger partial charge is 0.329 e. The first-order valence-electron chi connectivity index (χ1n) is 5.09. The van der Waals surface area contributed by atoms with E-state index in [4.69, 9.17) is 4.74 Å². The van der Waals surface area contributed by atoms with Gasteiger partial charge in [-0.3, -0.25) is 4.79 Å². The van der Waals surface area contributed by atoms with Crippen LogP contribution in [-0.2, 0) is 14.3 Å². The second-order valence-corrected chi connectivity index (χ2v) is 3.56. The second-order valence-electron chi connectivity index (χ2n) is 3.56. The number of hydrogen-bond donors (Lipinski definition) is 1. The summed E-state index contributed by atoms with van der Waals surface area (Å²) in [5.74, 6) is -0.547. The standard InChI is InChI=1S/C11H19NO3/c1-5-7-15-11(14)10(8(3)4)12-9(13)6-2/h5,8,10H,1,6-7H2,2-4H3,(H,12,13)/t10-/m0/s1. The van der Waals surface area contributed by atoms with Crippen LogP contribution in [0.25, 0.3) is 0 Å². The molecular weight excluding hydrogens is 194 g/mol. The number of carbonyl (C=O) groups is 2. The summed E-state index contributed by atoms with van der Waals surface area (Å²) in [7, 11) is 0. The number of carbonyl (C=O) groups excluding carboxylic acids is 2. The summed E-state index contributed by atoms with van der Waals surface area (Å²) < 4.78 is 4.89. The van der Waals surface area contributed by atoms with Crippen LogP contribution in [0.2, 0.25) is 0 Å². The molecule has 0 rings (SSSR count). The van der Waals surface area contributed by atoms with E-state index in [1.54, 1.807) is 6.92 Å². The third kappa shape index (κ3) is 5.20. The van der Waals surface area contributed by atoms with Crippen LogP contribution in [0, 0.1) is 5.92 Å². The molecular formula is C11H19NO3. The van der Waals surface area contributed by atoms with Crippen molar-refractivity contribution < 1.29 is 14.3 Å². The van der Waals surface area contributed by atoms with Gasteiger partial charge in [-0.1, -0.05) is 33.4 Å². The Kier molecular flexibility index (Phi) is 6.42. The predicted octanol–water partition coefficient (Wildman–Crippen LogP) is 1.27. The van der Waals surface area contributed by atoms with Gasteiger partial charge < -0.3 is 10.1 Å². The average molecular weight is 213 g/mol. The zero-order valence-corrected chi connectivity index (χ0v) is 9.58. The SMILES string of the molecule is C=CCOC(=O)[C@@H](NC(=O)CC)C(C)C. The van der Waals surface area contributed by atoms with Crippen LogP contribution in [0.1, 0.15) is 27.2 Å². The third-order valence-corrected chi connectivity index (χ3v) is 1.90. The van der Waals surface area contributed by atoms with Gasteiger partial charge in [-0.2, -0.15) is 0 Å². The van der Waals surface area contributed by atoms with Crippen molar-refractivity contribution in [2.45, 2.75) is 33.2 Å². The molecule has 0 aliphatic rings. The number of esters is 1. The van der Waals surface area contributed by atoms with Gasteiger partial charge in [-0.15, -0.1) is 0 Å². The molecule has 0 heterocycles. The van der Waals surface area contributed by atoms with E-state index in [2.05, 4.69) is 11.9 Å². The molecule has 86 valence electrons. The van der Waals surface area contributed by atoms with Crippen molar-refractivity contribution in [1.29, 1.82) is 0 Å². The molecule has 0 aliphatic heterocycles. The topological polar surface area (TPSA) is 55.4 Å². The van der Waals surface area contributed by atoms with E-state index in [9.17, 15) is 9.59 Å². The van der Waals surface area contributed by atoms with Crippen molar-refractivity contribution >= 4 is 11.9 Å². The Morgan fingerprint density at radius 3 is 2.47 bits per heavy atom. The first-order valence-corrected chi connectivity index (χ1v) is 5.09. The van der Waals surface area contributed by atoms with Gasteiger partial charge in [-0.25, -0.2) is 4.79 Å². The molecule has 0 fully saturated rings. The normalized spacial score (nSPS) is 12.0. The second kappa shape index (κ2) is 7.04. The van der Waals surface area contributed by atoms with Crippen molar-refractivity contribution in [3.63, 3.8) is 0 Å². The molecule has 1 amide bonds. The fourth-order valence-electron chi connectivity index (χ4n) is 1.00. The molecule has 4 heteroatoms. The van der Waals surface area contributed by atoms with Gasteiger partial charge in [-0.05, 0) is 5.92 Å². The lowest BCUT2D eigenvalue weighted by Crippen LogP contribution is -2.45. The molecule has 0 spiro atoms. The van der Waals surface area contributed by atoms with E-state index >= 15 is 0 Å². The van der Waals surface area contributed by atoms with Gasteiger partial charge in [0.25, 0.3) is 0 Å². The van der Waals surface area contributed by atoms with Gasteiger partial charge >= 0.3 is 5.97 Å². The summed E-state index contributed by atoms with van der Waals surface area (Å²) in [5.41, 5.74) is 0. The summed E-state index contributed by atoms with van der Waals surface area (Å²) in [6.07, 6.45) is 1.86. The predicted molar refractivity (Wildman–Crippen MR) is 58.2 cm³/mol. The van der Waals surface area contributed by atoms with Crippen LogP contribution in [-0.4, -0.2) is 24.5 Å². The summed E-state index contributed by atoms with van der Waals surface area (Å²) in [5, 5.41) is 2.63. The van der Waals surface area contributed by atoms with Gasteiger partial charge in [0.15, 0.2) is 0 Å². The fourth-order valence-corrected chi connectivity index (χ4v) is 1.00. The Bertz CT molecular complexity index is 236. The van der Waals surface area contributed by atoms with Gasteiger partial charge in [0, 0.05) is 6.42 Å². The van der Waals surface area contributed by atoms with Crippen LogP contribution < -0.4 is 5.32 Å². The largest absolute Gasteiger partial charge is 0.460 e. The van der Waals surface area contributed by atoms with Gasteiger partial charge in [0.05, 0.1) is 0 Å². The fraction of sp³-hybridized carbons (Fsp3) is 0.636. The molecule has 0 aromatic heterocycles. The highest BCUT2D eigenvalue weighted by molar-refractivity contribution is 5.84. The molecule has 1 atom stereocenters. The first-order chi connectivity index (χ1) is 7.02. The third-order valence-electron chi connectivity index (χ3n) is 1.90. The summed E-state index contributed by atoms with van der Waals surface area (Å²) >= 11 is 0. The lowest BCUT2D eigenvalue weighted by Gasteiger charge is -2.20. The highest BCUT2D eigenvalue weighted by atomic mass is 16.5. The first kappa shape index (κ1) is 13.7. The summed E-state index contributed by atoms with van der Waals surface area (Å²) in [6, 6.07) is -0.572. The monoisotopic (exact) mass is 213 g/mol. The molecule has 0 unspecified atom stereocenters. The van der Waals surface area contributed by atoms with E-state index in [-0.39, 0.29) is 18.4 Å². The minimum absolute atomic E-state index is 0.0119. The molecule has 0 radical (unpaired) electrons. The van der Waals surface area contributed by atoms with E-state index in [1.807, 2.05) is 13.8 Å². The van der Waals surface area contributed by atoms with E-state index < -0.39 is 12.0 Å². The maximum Gasteiger partial charge on any atom is 0.329 e. The molecule has 0 saturated heterocycles. The molecule has 0 saturated carbocycles. The molecule has 0 aromatic rings. The van der Waals surface area contributed by atoms with Crippen LogP contribution >= 0.6 is 0 Å². The summed E-state index contributed by atoms with van der Waals surface area (Å²) in [4.78, 5) is 22.7. The molecule has 0 aliphatic carbocycles. The van der Waals surface area contributed by atoms with Crippen molar-refractivity contribution in [3.8, 4) is 0 Å². The Morgan fingerprint density at radius 2 is 2.07 bits per heavy atom. The maximum atomic E-state index is 11.5. The molecule has 0 aromatic carbocycles. The number of amides is 1. The number of ether oxygens (including phenoxy) is 1. The van der Waals surface area contributed by atoms with Crippen molar-refractivity contribution in [2.24, 2.45) is 5.92 Å². The number of hydrogen-bond acceptors (Lipinski definition) is 3. The zero-order valence-electron chi connectivity index (χ0n) is 9.58. The van der Waals surface area contributed by atoms with Crippen LogP contribution in [0.3, 0.4) is 0 Å². The van der Waals surface area contributed by atoms with Crippen LogP contribution in [0.4, 0.5) is 0 Å². The average Bonchev–Trinajstić information content (AvgIpc) is 2.21. The molecule has 1 N–H and O–H groups in total. The van der Waals surface area contributed by atoms with E-state index in [0.717, 1.165) is 0 Å². The Morgan fingerprint density at radius 1 is 1.47 bits per heavy atom.